The minimum absolute atomic E-state index is 0.0253. The summed E-state index contributed by atoms with van der Waals surface area (Å²) < 4.78 is 65.1. The maximum Gasteiger partial charge on any atom is 0.416 e. The van der Waals surface area contributed by atoms with Gasteiger partial charge in [0.05, 0.1) is 10.5 Å². The zero-order chi connectivity index (χ0) is 18.9. The van der Waals surface area contributed by atoms with Crippen molar-refractivity contribution < 1.29 is 26.4 Å². The minimum atomic E-state index is -4.56. The predicted molar refractivity (Wildman–Crippen MR) is 90.3 cm³/mol. The largest absolute Gasteiger partial charge is 0.416 e. The van der Waals surface area contributed by atoms with Crippen molar-refractivity contribution in [2.75, 3.05) is 16.2 Å². The van der Waals surface area contributed by atoms with Gasteiger partial charge in [-0.25, -0.2) is 8.42 Å². The SMILES string of the molecule is O=C1CCCN1c1ccc(S(=O)(=O)Nc2cccc(C(F)(F)F)c2)cc1. The maximum atomic E-state index is 12.7. The molecule has 2 aromatic rings. The van der Waals surface area contributed by atoms with Crippen molar-refractivity contribution >= 4 is 27.3 Å². The average molecular weight is 384 g/mol. The van der Waals surface area contributed by atoms with Crippen LogP contribution in [0.2, 0.25) is 0 Å². The maximum absolute atomic E-state index is 12.7. The number of halogens is 3. The molecule has 0 bridgehead atoms. The number of carbonyl (C=O) groups excluding carboxylic acids is 1. The van der Waals surface area contributed by atoms with E-state index in [0.717, 1.165) is 24.6 Å². The number of nitrogens with one attached hydrogen (secondary N) is 1. The first-order valence-corrected chi connectivity index (χ1v) is 9.26. The van der Waals surface area contributed by atoms with Crippen molar-refractivity contribution in [1.82, 2.24) is 0 Å². The molecule has 0 aromatic heterocycles. The third-order valence-electron chi connectivity index (χ3n) is 3.97. The summed E-state index contributed by atoms with van der Waals surface area (Å²) in [6, 6.07) is 9.60. The molecule has 1 fully saturated rings. The molecule has 1 aliphatic heterocycles. The molecule has 0 aliphatic carbocycles. The molecule has 3 rings (SSSR count). The molecule has 9 heteroatoms. The molecular formula is C17H15F3N2O3S. The van der Waals surface area contributed by atoms with Crippen LogP contribution in [0.3, 0.4) is 0 Å². The van der Waals surface area contributed by atoms with Crippen LogP contribution < -0.4 is 9.62 Å². The second-order valence-corrected chi connectivity index (χ2v) is 7.51. The summed E-state index contributed by atoms with van der Waals surface area (Å²) in [6.45, 7) is 0.577. The molecule has 5 nitrogen and oxygen atoms in total. The number of alkyl halides is 3. The first-order valence-electron chi connectivity index (χ1n) is 7.77. The molecule has 2 aromatic carbocycles. The van der Waals surface area contributed by atoms with Crippen LogP contribution in [0.4, 0.5) is 24.5 Å². The van der Waals surface area contributed by atoms with Crippen LogP contribution in [-0.4, -0.2) is 20.9 Å². The Kier molecular flexibility index (Phi) is 4.66. The summed E-state index contributed by atoms with van der Waals surface area (Å²) in [5.74, 6) is -0.0253. The monoisotopic (exact) mass is 384 g/mol. The Balaban J connectivity index is 1.81. The van der Waals surface area contributed by atoms with Gasteiger partial charge >= 0.3 is 6.18 Å². The van der Waals surface area contributed by atoms with E-state index in [4.69, 9.17) is 0 Å². The number of hydrogen-bond donors (Lipinski definition) is 1. The Morgan fingerprint density at radius 2 is 1.73 bits per heavy atom. The molecule has 1 N–H and O–H groups in total. The number of rotatable bonds is 4. The summed E-state index contributed by atoms with van der Waals surface area (Å²) >= 11 is 0. The topological polar surface area (TPSA) is 66.5 Å². The van der Waals surface area contributed by atoms with E-state index < -0.39 is 21.8 Å². The van der Waals surface area contributed by atoms with Crippen LogP contribution in [0, 0.1) is 0 Å². The van der Waals surface area contributed by atoms with Crippen LogP contribution in [0.15, 0.2) is 53.4 Å². The van der Waals surface area contributed by atoms with Gasteiger partial charge in [0.15, 0.2) is 0 Å². The third kappa shape index (κ3) is 3.82. The lowest BCUT2D eigenvalue weighted by Gasteiger charge is -2.16. The zero-order valence-corrected chi connectivity index (χ0v) is 14.3. The number of anilines is 2. The molecule has 0 spiro atoms. The van der Waals surface area contributed by atoms with Crippen molar-refractivity contribution in [3.05, 3.63) is 54.1 Å². The zero-order valence-electron chi connectivity index (χ0n) is 13.5. The lowest BCUT2D eigenvalue weighted by Crippen LogP contribution is -2.23. The number of hydrogen-bond acceptors (Lipinski definition) is 3. The molecule has 0 unspecified atom stereocenters. The summed E-state index contributed by atoms with van der Waals surface area (Å²) in [5.41, 5.74) is -0.537. The van der Waals surface area contributed by atoms with Crippen LogP contribution in [0.1, 0.15) is 18.4 Å². The number of nitrogens with zero attached hydrogens (tertiary/aromatic N) is 1. The van der Waals surface area contributed by atoms with Crippen LogP contribution in [-0.2, 0) is 21.0 Å². The van der Waals surface area contributed by atoms with Gasteiger partial charge in [-0.15, -0.1) is 0 Å². The summed E-state index contributed by atoms with van der Waals surface area (Å²) in [6.07, 6.45) is -3.36. The van der Waals surface area contributed by atoms with Crippen LogP contribution in [0.25, 0.3) is 0 Å². The Hall–Kier alpha value is -2.55. The number of amides is 1. The first kappa shape index (κ1) is 18.2. The second kappa shape index (κ2) is 6.64. The fraction of sp³-hybridized carbons (Fsp3) is 0.235. The molecule has 0 radical (unpaired) electrons. The van der Waals surface area contributed by atoms with Crippen molar-refractivity contribution in [2.24, 2.45) is 0 Å². The number of carbonyl (C=O) groups is 1. The molecule has 138 valence electrons. The summed E-state index contributed by atoms with van der Waals surface area (Å²) in [4.78, 5) is 13.2. The van der Waals surface area contributed by atoms with Crippen molar-refractivity contribution in [3.63, 3.8) is 0 Å². The number of sulfonamides is 1. The van der Waals surface area contributed by atoms with Gasteiger partial charge in [-0.2, -0.15) is 13.2 Å². The Bertz CT molecular complexity index is 925. The Labute approximate surface area is 148 Å². The average Bonchev–Trinajstić information content (AvgIpc) is 3.00. The fourth-order valence-electron chi connectivity index (χ4n) is 2.70. The summed E-state index contributed by atoms with van der Waals surface area (Å²) in [5, 5.41) is 0. The van der Waals surface area contributed by atoms with E-state index in [1.165, 1.54) is 30.3 Å². The standard InChI is InChI=1S/C17H15F3N2O3S/c18-17(19,20)12-3-1-4-13(11-12)21-26(24,25)15-8-6-14(7-9-15)22-10-2-5-16(22)23/h1,3-4,6-9,11,21H,2,5,10H2. The van der Waals surface area contributed by atoms with Crippen molar-refractivity contribution in [2.45, 2.75) is 23.9 Å². The molecule has 1 aliphatic rings. The fourth-order valence-corrected chi connectivity index (χ4v) is 3.75. The van der Waals surface area contributed by atoms with Crippen molar-refractivity contribution in [3.8, 4) is 0 Å². The van der Waals surface area contributed by atoms with E-state index in [9.17, 15) is 26.4 Å². The molecule has 0 atom stereocenters. The van der Waals surface area contributed by atoms with E-state index in [2.05, 4.69) is 4.72 Å². The van der Waals surface area contributed by atoms with Crippen molar-refractivity contribution in [1.29, 1.82) is 0 Å². The molecular weight excluding hydrogens is 369 g/mol. The quantitative estimate of drug-likeness (QED) is 0.875. The van der Waals surface area contributed by atoms with Gasteiger partial charge < -0.3 is 4.90 Å². The molecule has 1 amide bonds. The van der Waals surface area contributed by atoms with Crippen LogP contribution >= 0.6 is 0 Å². The third-order valence-corrected chi connectivity index (χ3v) is 5.37. The predicted octanol–water partition coefficient (Wildman–Crippen LogP) is 3.63. The van der Waals surface area contributed by atoms with E-state index in [1.54, 1.807) is 4.90 Å². The smallest absolute Gasteiger partial charge is 0.312 e. The van der Waals surface area contributed by atoms with Gasteiger partial charge in [0.25, 0.3) is 10.0 Å². The normalized spacial score (nSPS) is 15.3. The van der Waals surface area contributed by atoms with Gasteiger partial charge in [0.2, 0.25) is 5.91 Å². The Morgan fingerprint density at radius 1 is 1.04 bits per heavy atom. The molecule has 0 saturated carbocycles. The van der Waals surface area contributed by atoms with E-state index in [-0.39, 0.29) is 16.5 Å². The molecule has 1 heterocycles. The van der Waals surface area contributed by atoms with Crippen LogP contribution in [0.5, 0.6) is 0 Å². The van der Waals surface area contributed by atoms with E-state index in [1.807, 2.05) is 0 Å². The summed E-state index contributed by atoms with van der Waals surface area (Å²) in [7, 11) is -4.05. The lowest BCUT2D eigenvalue weighted by atomic mass is 10.2. The highest BCUT2D eigenvalue weighted by molar-refractivity contribution is 7.92. The van der Waals surface area contributed by atoms with Gasteiger partial charge in [-0.05, 0) is 48.9 Å². The molecule has 1 saturated heterocycles. The number of benzene rings is 2. The first-order chi connectivity index (χ1) is 12.2. The van der Waals surface area contributed by atoms with Gasteiger partial charge in [0.1, 0.15) is 0 Å². The van der Waals surface area contributed by atoms with Gasteiger partial charge in [0, 0.05) is 24.3 Å². The highest BCUT2D eigenvalue weighted by Gasteiger charge is 2.30. The van der Waals surface area contributed by atoms with E-state index >= 15 is 0 Å². The minimum Gasteiger partial charge on any atom is -0.312 e. The highest BCUT2D eigenvalue weighted by Crippen LogP contribution is 2.31. The van der Waals surface area contributed by atoms with Gasteiger partial charge in [-0.3, -0.25) is 9.52 Å². The Morgan fingerprint density at radius 3 is 2.31 bits per heavy atom. The van der Waals surface area contributed by atoms with Gasteiger partial charge in [-0.1, -0.05) is 6.07 Å². The second-order valence-electron chi connectivity index (χ2n) is 5.83. The highest BCUT2D eigenvalue weighted by atomic mass is 32.2. The van der Waals surface area contributed by atoms with E-state index in [0.29, 0.717) is 18.7 Å². The lowest BCUT2D eigenvalue weighted by molar-refractivity contribution is -0.137. The molecule has 26 heavy (non-hydrogen) atoms.